The van der Waals surface area contributed by atoms with Crippen molar-refractivity contribution in [2.45, 2.75) is 25.7 Å². The molecule has 1 aliphatic rings. The minimum absolute atomic E-state index is 0.217. The van der Waals surface area contributed by atoms with E-state index in [2.05, 4.69) is 0 Å². The van der Waals surface area contributed by atoms with Crippen LogP contribution in [0.25, 0.3) is 0 Å². The molecule has 1 saturated heterocycles. The molecule has 0 spiro atoms. The Morgan fingerprint density at radius 2 is 1.94 bits per heavy atom. The number of hydrogen-bond acceptors (Lipinski definition) is 3. The van der Waals surface area contributed by atoms with Crippen LogP contribution in [0.15, 0.2) is 16.9 Å². The molecule has 0 atom stereocenters. The van der Waals surface area contributed by atoms with E-state index in [0.29, 0.717) is 0 Å². The fourth-order valence-corrected chi connectivity index (χ4v) is 1.42. The lowest BCUT2D eigenvalue weighted by Gasteiger charge is -2.34. The van der Waals surface area contributed by atoms with Gasteiger partial charge < -0.3 is 14.5 Å². The summed E-state index contributed by atoms with van der Waals surface area (Å²) in [4.78, 5) is 12.6. The Labute approximate surface area is 88.0 Å². The van der Waals surface area contributed by atoms with Gasteiger partial charge in [0.1, 0.15) is 5.69 Å². The van der Waals surface area contributed by atoms with Gasteiger partial charge in [-0.25, -0.2) is 0 Å². The molecule has 2 rings (SSSR count). The van der Waals surface area contributed by atoms with Gasteiger partial charge in [0, 0.05) is 11.6 Å². The van der Waals surface area contributed by atoms with Crippen LogP contribution in [0.5, 0.6) is 0 Å². The standard InChI is InChI=1S/C9H8F3NO3/c1-4-15-8(16-4)5-2-3-6(14)13-7(5)9(10,11)12/h2-4,8H,1H3,(H,13,14). The van der Waals surface area contributed by atoms with Gasteiger partial charge in [-0.3, -0.25) is 4.79 Å². The summed E-state index contributed by atoms with van der Waals surface area (Å²) in [5, 5.41) is 0. The quantitative estimate of drug-likeness (QED) is 0.807. The largest absolute Gasteiger partial charge is 0.431 e. The lowest BCUT2D eigenvalue weighted by Crippen LogP contribution is -2.34. The number of ether oxygens (including phenoxy) is 2. The highest BCUT2D eigenvalue weighted by atomic mass is 19.4. The number of H-pyrrole nitrogens is 1. The van der Waals surface area contributed by atoms with Crippen LogP contribution in [-0.4, -0.2) is 11.3 Å². The third kappa shape index (κ3) is 1.96. The molecule has 1 aliphatic heterocycles. The summed E-state index contributed by atoms with van der Waals surface area (Å²) in [6.07, 6.45) is -6.23. The van der Waals surface area contributed by atoms with Gasteiger partial charge in [-0.05, 0) is 13.0 Å². The van der Waals surface area contributed by atoms with Crippen LogP contribution in [0.1, 0.15) is 24.5 Å². The SMILES string of the molecule is CC1OC(c2ccc(=O)[nH]c2C(F)(F)F)O1. The molecule has 0 radical (unpaired) electrons. The summed E-state index contributed by atoms with van der Waals surface area (Å²) in [6, 6.07) is 2.05. The van der Waals surface area contributed by atoms with Gasteiger partial charge in [-0.1, -0.05) is 0 Å². The van der Waals surface area contributed by atoms with Crippen molar-refractivity contribution < 1.29 is 22.6 Å². The maximum absolute atomic E-state index is 12.6. The minimum atomic E-state index is -4.64. The predicted octanol–water partition coefficient (Wildman–Crippen LogP) is 1.79. The molecule has 2 heterocycles. The molecule has 1 aromatic heterocycles. The van der Waals surface area contributed by atoms with E-state index < -0.39 is 30.0 Å². The number of rotatable bonds is 1. The number of aromatic amines is 1. The van der Waals surface area contributed by atoms with Crippen LogP contribution in [0.3, 0.4) is 0 Å². The Balaban J connectivity index is 2.41. The number of halogens is 3. The monoisotopic (exact) mass is 235 g/mol. The molecule has 88 valence electrons. The fourth-order valence-electron chi connectivity index (χ4n) is 1.42. The van der Waals surface area contributed by atoms with E-state index in [1.807, 2.05) is 0 Å². The van der Waals surface area contributed by atoms with Gasteiger partial charge in [0.25, 0.3) is 0 Å². The van der Waals surface area contributed by atoms with E-state index in [9.17, 15) is 18.0 Å². The lowest BCUT2D eigenvalue weighted by atomic mass is 10.1. The Hall–Kier alpha value is -1.34. The van der Waals surface area contributed by atoms with Gasteiger partial charge >= 0.3 is 6.18 Å². The number of aromatic nitrogens is 1. The topological polar surface area (TPSA) is 51.3 Å². The van der Waals surface area contributed by atoms with E-state index in [0.717, 1.165) is 12.1 Å². The zero-order valence-electron chi connectivity index (χ0n) is 8.17. The second-order valence-electron chi connectivity index (χ2n) is 3.32. The molecule has 1 fully saturated rings. The van der Waals surface area contributed by atoms with E-state index in [1.165, 1.54) is 0 Å². The van der Waals surface area contributed by atoms with Crippen molar-refractivity contribution in [2.75, 3.05) is 0 Å². The molecule has 0 aliphatic carbocycles. The highest BCUT2D eigenvalue weighted by Crippen LogP contribution is 2.38. The van der Waals surface area contributed by atoms with E-state index in [1.54, 1.807) is 11.9 Å². The summed E-state index contributed by atoms with van der Waals surface area (Å²) in [6.45, 7) is 1.56. The Kier molecular flexibility index (Phi) is 2.51. The summed E-state index contributed by atoms with van der Waals surface area (Å²) in [7, 11) is 0. The molecule has 4 nitrogen and oxygen atoms in total. The summed E-state index contributed by atoms with van der Waals surface area (Å²) >= 11 is 0. The summed E-state index contributed by atoms with van der Waals surface area (Å²) in [5.74, 6) is 0. The van der Waals surface area contributed by atoms with Gasteiger partial charge in [0.2, 0.25) is 5.56 Å². The number of nitrogens with one attached hydrogen (secondary N) is 1. The first-order chi connectivity index (χ1) is 7.38. The van der Waals surface area contributed by atoms with Gasteiger partial charge in [0.15, 0.2) is 12.6 Å². The average Bonchev–Trinajstić information content (AvgIpc) is 2.12. The summed E-state index contributed by atoms with van der Waals surface area (Å²) < 4.78 is 47.6. The predicted molar refractivity (Wildman–Crippen MR) is 46.4 cm³/mol. The molecule has 7 heteroatoms. The molecular formula is C9H8F3NO3. The minimum Gasteiger partial charge on any atom is -0.319 e. The highest BCUT2D eigenvalue weighted by molar-refractivity contribution is 5.24. The first-order valence-corrected chi connectivity index (χ1v) is 4.49. The zero-order valence-corrected chi connectivity index (χ0v) is 8.17. The Morgan fingerprint density at radius 1 is 1.31 bits per heavy atom. The molecule has 0 bridgehead atoms. The van der Waals surface area contributed by atoms with Crippen molar-refractivity contribution in [3.8, 4) is 0 Å². The first-order valence-electron chi connectivity index (χ1n) is 4.49. The summed E-state index contributed by atoms with van der Waals surface area (Å²) in [5.41, 5.74) is -2.16. The lowest BCUT2D eigenvalue weighted by molar-refractivity contribution is -0.383. The van der Waals surface area contributed by atoms with E-state index in [-0.39, 0.29) is 5.56 Å². The van der Waals surface area contributed by atoms with Crippen LogP contribution in [0, 0.1) is 0 Å². The van der Waals surface area contributed by atoms with Crippen molar-refractivity contribution >= 4 is 0 Å². The number of hydrogen-bond donors (Lipinski definition) is 1. The van der Waals surface area contributed by atoms with Crippen LogP contribution in [0.2, 0.25) is 0 Å². The van der Waals surface area contributed by atoms with Gasteiger partial charge in [-0.2, -0.15) is 13.2 Å². The molecule has 0 amide bonds. The third-order valence-electron chi connectivity index (χ3n) is 2.12. The molecule has 0 unspecified atom stereocenters. The van der Waals surface area contributed by atoms with E-state index in [4.69, 9.17) is 9.47 Å². The van der Waals surface area contributed by atoms with Crippen molar-refractivity contribution in [3.63, 3.8) is 0 Å². The van der Waals surface area contributed by atoms with E-state index >= 15 is 0 Å². The molecule has 0 aromatic carbocycles. The van der Waals surface area contributed by atoms with Crippen LogP contribution < -0.4 is 5.56 Å². The molecule has 1 aromatic rings. The molecular weight excluding hydrogens is 227 g/mol. The second kappa shape index (κ2) is 3.60. The number of pyridine rings is 1. The van der Waals surface area contributed by atoms with Crippen LogP contribution in [0.4, 0.5) is 13.2 Å². The third-order valence-corrected chi connectivity index (χ3v) is 2.12. The van der Waals surface area contributed by atoms with Crippen molar-refractivity contribution in [1.82, 2.24) is 4.98 Å². The van der Waals surface area contributed by atoms with Crippen molar-refractivity contribution in [3.05, 3.63) is 33.7 Å². The maximum atomic E-state index is 12.6. The smallest absolute Gasteiger partial charge is 0.319 e. The maximum Gasteiger partial charge on any atom is 0.431 e. The van der Waals surface area contributed by atoms with Crippen molar-refractivity contribution in [2.24, 2.45) is 0 Å². The highest BCUT2D eigenvalue weighted by Gasteiger charge is 2.40. The Bertz CT molecular complexity index is 448. The first kappa shape index (κ1) is 11.2. The van der Waals surface area contributed by atoms with Crippen LogP contribution >= 0.6 is 0 Å². The second-order valence-corrected chi connectivity index (χ2v) is 3.32. The fraction of sp³-hybridized carbons (Fsp3) is 0.444. The number of alkyl halides is 3. The normalized spacial score (nSPS) is 25.2. The zero-order chi connectivity index (χ0) is 11.9. The average molecular weight is 235 g/mol. The molecule has 0 saturated carbocycles. The van der Waals surface area contributed by atoms with Gasteiger partial charge in [-0.15, -0.1) is 0 Å². The molecule has 1 N–H and O–H groups in total. The van der Waals surface area contributed by atoms with Crippen molar-refractivity contribution in [1.29, 1.82) is 0 Å². The Morgan fingerprint density at radius 3 is 2.44 bits per heavy atom. The van der Waals surface area contributed by atoms with Crippen LogP contribution in [-0.2, 0) is 15.7 Å². The van der Waals surface area contributed by atoms with Gasteiger partial charge in [0.05, 0.1) is 0 Å². The molecule has 16 heavy (non-hydrogen) atoms.